The van der Waals surface area contributed by atoms with Crippen LogP contribution >= 0.6 is 11.6 Å². The molecule has 25 heavy (non-hydrogen) atoms. The minimum Gasteiger partial charge on any atom is -0.462 e. The molecule has 0 atom stereocenters. The Morgan fingerprint density at radius 2 is 1.76 bits per heavy atom. The summed E-state index contributed by atoms with van der Waals surface area (Å²) in [5, 5.41) is 5.08. The van der Waals surface area contributed by atoms with E-state index in [1.165, 1.54) is 12.1 Å². The number of carbonyl (C=O) groups is 2. The zero-order valence-corrected chi connectivity index (χ0v) is 14.7. The van der Waals surface area contributed by atoms with Crippen LogP contribution in [0.5, 0.6) is 0 Å². The molecule has 2 N–H and O–H groups in total. The molecule has 0 aliphatic heterocycles. The lowest BCUT2D eigenvalue weighted by Crippen LogP contribution is -2.14. The van der Waals surface area contributed by atoms with E-state index in [9.17, 15) is 18.0 Å². The number of halogens is 1. The largest absolute Gasteiger partial charge is 0.462 e. The Labute approximate surface area is 150 Å². The van der Waals surface area contributed by atoms with E-state index in [0.717, 1.165) is 6.07 Å². The number of ether oxygens (including phenoxy) is 1. The lowest BCUT2D eigenvalue weighted by Gasteiger charge is -2.07. The number of hydrogen-bond acceptors (Lipinski definition) is 5. The van der Waals surface area contributed by atoms with Gasteiger partial charge in [0.2, 0.25) is 10.0 Å². The number of Topliss-reactive ketones (excluding diaryl/α,β-unsaturated/α-hetero) is 1. The Morgan fingerprint density at radius 3 is 2.40 bits per heavy atom. The lowest BCUT2D eigenvalue weighted by molar-refractivity contribution is 0.0494. The van der Waals surface area contributed by atoms with Crippen molar-refractivity contribution >= 4 is 33.4 Å². The number of benzene rings is 2. The van der Waals surface area contributed by atoms with Gasteiger partial charge in [0.1, 0.15) is 0 Å². The van der Waals surface area contributed by atoms with E-state index in [1.807, 2.05) is 6.07 Å². The molecule has 0 spiro atoms. The number of esters is 1. The van der Waals surface area contributed by atoms with Gasteiger partial charge in [-0.2, -0.15) is 0 Å². The fourth-order valence-electron chi connectivity index (χ4n) is 2.08. The van der Waals surface area contributed by atoms with Gasteiger partial charge in [-0.05, 0) is 24.6 Å². The summed E-state index contributed by atoms with van der Waals surface area (Å²) in [7, 11) is -3.95. The lowest BCUT2D eigenvalue weighted by atomic mass is 10.1. The first-order valence-electron chi connectivity index (χ1n) is 7.37. The van der Waals surface area contributed by atoms with Crippen LogP contribution in [-0.4, -0.2) is 26.8 Å². The summed E-state index contributed by atoms with van der Waals surface area (Å²) < 4.78 is 27.7. The van der Waals surface area contributed by atoms with Crippen molar-refractivity contribution in [3.8, 4) is 0 Å². The summed E-state index contributed by atoms with van der Waals surface area (Å²) in [5.74, 6) is -0.825. The van der Waals surface area contributed by atoms with Gasteiger partial charge >= 0.3 is 5.97 Å². The Morgan fingerprint density at radius 1 is 1.08 bits per heavy atom. The molecule has 0 saturated carbocycles. The van der Waals surface area contributed by atoms with Gasteiger partial charge in [-0.3, -0.25) is 4.79 Å². The summed E-state index contributed by atoms with van der Waals surface area (Å²) in [5.41, 5.74) is 0.500. The highest BCUT2D eigenvalue weighted by atomic mass is 35.5. The maximum absolute atomic E-state index is 12.0. The standard InChI is InChI=1S/C17H16ClNO5S/c18-15-9-8-13(25(19,22)23)11-14(15)17(21)24-10-4-7-16(20)12-5-2-1-3-6-12/h1-3,5-6,8-9,11H,4,7,10H2,(H2,19,22,23). The summed E-state index contributed by atoms with van der Waals surface area (Å²) in [6, 6.07) is 12.3. The van der Waals surface area contributed by atoms with Crippen LogP contribution in [0, 0.1) is 0 Å². The van der Waals surface area contributed by atoms with Gasteiger partial charge in [0.05, 0.1) is 22.1 Å². The first-order chi connectivity index (χ1) is 11.8. The number of hydrogen-bond donors (Lipinski definition) is 1. The molecule has 0 amide bonds. The topological polar surface area (TPSA) is 104 Å². The molecule has 0 aromatic heterocycles. The second-order valence-electron chi connectivity index (χ2n) is 5.22. The molecule has 0 aliphatic carbocycles. The van der Waals surface area contributed by atoms with E-state index in [0.29, 0.717) is 12.0 Å². The van der Waals surface area contributed by atoms with Gasteiger partial charge in [0, 0.05) is 12.0 Å². The summed E-state index contributed by atoms with van der Waals surface area (Å²) in [6.07, 6.45) is 0.564. The second kappa shape index (κ2) is 8.24. The smallest absolute Gasteiger partial charge is 0.339 e. The number of nitrogens with two attached hydrogens (primary N) is 1. The van der Waals surface area contributed by atoms with Crippen LogP contribution in [0.1, 0.15) is 33.6 Å². The maximum Gasteiger partial charge on any atom is 0.339 e. The van der Waals surface area contributed by atoms with Crippen LogP contribution in [0.25, 0.3) is 0 Å². The highest BCUT2D eigenvalue weighted by Gasteiger charge is 2.17. The van der Waals surface area contributed by atoms with Gasteiger partial charge in [0.15, 0.2) is 5.78 Å². The van der Waals surface area contributed by atoms with Crippen LogP contribution in [0.3, 0.4) is 0 Å². The number of carbonyl (C=O) groups excluding carboxylic acids is 2. The van der Waals surface area contributed by atoms with Crippen molar-refractivity contribution in [3.63, 3.8) is 0 Å². The monoisotopic (exact) mass is 381 g/mol. The molecule has 0 unspecified atom stereocenters. The molecule has 0 bridgehead atoms. The van der Waals surface area contributed by atoms with E-state index in [1.54, 1.807) is 24.3 Å². The normalized spacial score (nSPS) is 11.1. The SMILES string of the molecule is NS(=O)(=O)c1ccc(Cl)c(C(=O)OCCCC(=O)c2ccccc2)c1. The Bertz CT molecular complexity index is 881. The van der Waals surface area contributed by atoms with E-state index in [4.69, 9.17) is 21.5 Å². The molecule has 0 heterocycles. The summed E-state index contributed by atoms with van der Waals surface area (Å²) in [6.45, 7) is 0.00728. The van der Waals surface area contributed by atoms with Crippen LogP contribution in [0.2, 0.25) is 5.02 Å². The van der Waals surface area contributed by atoms with Gasteiger partial charge < -0.3 is 4.74 Å². The number of rotatable bonds is 7. The van der Waals surface area contributed by atoms with Crippen molar-refractivity contribution in [3.05, 3.63) is 64.7 Å². The predicted octanol–water partition coefficient (Wildman–Crippen LogP) is 2.81. The average molecular weight is 382 g/mol. The Hall–Kier alpha value is -2.22. The van der Waals surface area contributed by atoms with Gasteiger partial charge in [-0.15, -0.1) is 0 Å². The van der Waals surface area contributed by atoms with Gasteiger partial charge in [0.25, 0.3) is 0 Å². The van der Waals surface area contributed by atoms with Crippen LogP contribution in [0.4, 0.5) is 0 Å². The molecule has 2 rings (SSSR count). The molecule has 0 saturated heterocycles. The van der Waals surface area contributed by atoms with Crippen molar-refractivity contribution in [2.45, 2.75) is 17.7 Å². The third-order valence-electron chi connectivity index (χ3n) is 3.36. The fourth-order valence-corrected chi connectivity index (χ4v) is 2.82. The van der Waals surface area contributed by atoms with Crippen molar-refractivity contribution < 1.29 is 22.7 Å². The fraction of sp³-hybridized carbons (Fsp3) is 0.176. The van der Waals surface area contributed by atoms with Crippen molar-refractivity contribution in [1.29, 1.82) is 0 Å². The molecule has 0 aliphatic rings. The van der Waals surface area contributed by atoms with E-state index < -0.39 is 16.0 Å². The highest BCUT2D eigenvalue weighted by Crippen LogP contribution is 2.21. The number of ketones is 1. The molecule has 0 fully saturated rings. The van der Waals surface area contributed by atoms with E-state index >= 15 is 0 Å². The van der Waals surface area contributed by atoms with Crippen LogP contribution in [-0.2, 0) is 14.8 Å². The Balaban J connectivity index is 1.92. The van der Waals surface area contributed by atoms with Crippen LogP contribution < -0.4 is 5.14 Å². The minimum atomic E-state index is -3.95. The molecule has 132 valence electrons. The zero-order valence-electron chi connectivity index (χ0n) is 13.1. The highest BCUT2D eigenvalue weighted by molar-refractivity contribution is 7.89. The zero-order chi connectivity index (χ0) is 18.4. The number of primary sulfonamides is 1. The molecular formula is C17H16ClNO5S. The third-order valence-corrected chi connectivity index (χ3v) is 4.60. The maximum atomic E-state index is 12.0. The van der Waals surface area contributed by atoms with Gasteiger partial charge in [-0.1, -0.05) is 41.9 Å². The molecular weight excluding hydrogens is 366 g/mol. The molecule has 0 radical (unpaired) electrons. The molecule has 2 aromatic carbocycles. The first-order valence-corrected chi connectivity index (χ1v) is 9.29. The molecule has 6 nitrogen and oxygen atoms in total. The average Bonchev–Trinajstić information content (AvgIpc) is 2.58. The minimum absolute atomic E-state index is 0.00728. The van der Waals surface area contributed by atoms with Crippen molar-refractivity contribution in [2.75, 3.05) is 6.61 Å². The molecule has 8 heteroatoms. The predicted molar refractivity (Wildman–Crippen MR) is 93.1 cm³/mol. The quantitative estimate of drug-likeness (QED) is 0.451. The third kappa shape index (κ3) is 5.38. The van der Waals surface area contributed by atoms with Crippen molar-refractivity contribution in [1.82, 2.24) is 0 Å². The summed E-state index contributed by atoms with van der Waals surface area (Å²) in [4.78, 5) is 23.7. The van der Waals surface area contributed by atoms with Crippen LogP contribution in [0.15, 0.2) is 53.4 Å². The molecule has 2 aromatic rings. The van der Waals surface area contributed by atoms with Crippen molar-refractivity contribution in [2.24, 2.45) is 5.14 Å². The van der Waals surface area contributed by atoms with Gasteiger partial charge in [-0.25, -0.2) is 18.4 Å². The second-order valence-corrected chi connectivity index (χ2v) is 7.18. The first kappa shape index (κ1) is 19.1. The Kier molecular flexibility index (Phi) is 6.30. The number of sulfonamides is 1. The summed E-state index contributed by atoms with van der Waals surface area (Å²) >= 11 is 5.89. The van der Waals surface area contributed by atoms with E-state index in [2.05, 4.69) is 0 Å². The van der Waals surface area contributed by atoms with E-state index in [-0.39, 0.29) is 34.3 Å².